The molecule has 2 aliphatic heterocycles. The first-order chi connectivity index (χ1) is 16.0. The molecule has 25 heteroatoms. The van der Waals surface area contributed by atoms with Gasteiger partial charge in [0.15, 0.2) is 0 Å². The van der Waals surface area contributed by atoms with Crippen molar-refractivity contribution in [3.05, 3.63) is 5.92 Å². The van der Waals surface area contributed by atoms with Gasteiger partial charge in [-0.05, 0) is 0 Å². The molecule has 2 aliphatic rings. The highest BCUT2D eigenvalue weighted by Gasteiger charge is 3.14. The number of nitrogens with zero attached hydrogens (tertiary/aromatic N) is 1. The molecule has 225 valence electrons. The zero-order valence-electron chi connectivity index (χ0n) is 16.0. The molecule has 2 fully saturated rings. The van der Waals surface area contributed by atoms with Gasteiger partial charge in [-0.15, -0.1) is 0 Å². The van der Waals surface area contributed by atoms with Crippen LogP contribution < -0.4 is 0 Å². The van der Waals surface area contributed by atoms with Crippen LogP contribution in [0.15, 0.2) is 0 Å². The van der Waals surface area contributed by atoms with Crippen molar-refractivity contribution < 1.29 is 105 Å². The number of fused-ring (bicyclic) bond motifs is 1. The second-order valence-electron chi connectivity index (χ2n) is 7.54. The minimum atomic E-state index is -9.38. The summed E-state index contributed by atoms with van der Waals surface area (Å²) in [6, 6.07) is -8.48. The molecule has 2 heterocycles. The summed E-state index contributed by atoms with van der Waals surface area (Å²) in [7, 11) is 0. The predicted molar refractivity (Wildman–Crippen MR) is 64.1 cm³/mol. The Morgan fingerprint density at radius 3 is 1.00 bits per heavy atom. The average molecular weight is 626 g/mol. The summed E-state index contributed by atoms with van der Waals surface area (Å²) in [6.45, 7) is 0. The van der Waals surface area contributed by atoms with Crippen LogP contribution in [0.3, 0.4) is 0 Å². The molecule has 0 amide bonds. The zero-order valence-corrected chi connectivity index (χ0v) is 16.0. The SMILES string of the molecule is FC(F)(F)C1(F)[C](C(F)(C(F)(F)F)C(F)(F)F)C(C(F)(F)F)(C(F)(F)F)C2(F)N1C(F)(F)C(F)(F)C2(F)F. The molecule has 0 saturated carbocycles. The molecule has 1 nitrogen and oxygen atoms in total. The maximum Gasteiger partial charge on any atom is 0.437 e. The lowest BCUT2D eigenvalue weighted by atomic mass is 9.59. The lowest BCUT2D eigenvalue weighted by Crippen LogP contribution is -2.76. The van der Waals surface area contributed by atoms with Crippen molar-refractivity contribution in [2.45, 2.75) is 66.0 Å². The molecular formula is C13F24N. The smallest absolute Gasteiger partial charge is 0.223 e. The summed E-state index contributed by atoms with van der Waals surface area (Å²) in [5, 5.41) is 0. The molecule has 2 rings (SSSR count). The normalized spacial score (nSPS) is 32.5. The lowest BCUT2D eigenvalue weighted by Gasteiger charge is -2.49. The molecule has 0 aromatic heterocycles. The summed E-state index contributed by atoms with van der Waals surface area (Å²) in [4.78, 5) is -4.84. The van der Waals surface area contributed by atoms with Gasteiger partial charge in [-0.1, -0.05) is 0 Å². The molecule has 2 atom stereocenters. The van der Waals surface area contributed by atoms with E-state index in [1.54, 1.807) is 0 Å². The fraction of sp³-hybridized carbons (Fsp3) is 0.923. The van der Waals surface area contributed by atoms with Gasteiger partial charge in [0, 0.05) is 0 Å². The second-order valence-corrected chi connectivity index (χ2v) is 7.54. The fourth-order valence-corrected chi connectivity index (χ4v) is 4.23. The van der Waals surface area contributed by atoms with Gasteiger partial charge < -0.3 is 0 Å². The third-order valence-corrected chi connectivity index (χ3v) is 5.64. The van der Waals surface area contributed by atoms with Crippen molar-refractivity contribution in [1.29, 1.82) is 0 Å². The van der Waals surface area contributed by atoms with Gasteiger partial charge in [-0.25, -0.2) is 13.2 Å². The van der Waals surface area contributed by atoms with Gasteiger partial charge in [0.25, 0.3) is 11.6 Å². The van der Waals surface area contributed by atoms with E-state index in [4.69, 9.17) is 0 Å². The van der Waals surface area contributed by atoms with Crippen molar-refractivity contribution in [1.82, 2.24) is 4.90 Å². The Morgan fingerprint density at radius 1 is 0.447 bits per heavy atom. The largest absolute Gasteiger partial charge is 0.437 e. The molecule has 0 spiro atoms. The number of halogens is 24. The highest BCUT2D eigenvalue weighted by molar-refractivity contribution is 5.49. The van der Waals surface area contributed by atoms with Gasteiger partial charge in [-0.2, -0.15) is 97.1 Å². The standard InChI is InChI=1S/C13F24N/c14-3(10(27,28)29,11(30,31)32)1-2(8(21,22)23,9(24,25)26)7(20)5(16,17)6(18,19)13(36,37)38(7)4(1,15)12(33,34)35. The first kappa shape index (κ1) is 32.5. The van der Waals surface area contributed by atoms with Gasteiger partial charge in [0.2, 0.25) is 5.41 Å². The maximum atomic E-state index is 15.3. The van der Waals surface area contributed by atoms with E-state index < -0.39 is 82.3 Å². The van der Waals surface area contributed by atoms with Crippen molar-refractivity contribution in [2.75, 3.05) is 0 Å². The minimum Gasteiger partial charge on any atom is -0.223 e. The van der Waals surface area contributed by atoms with Crippen LogP contribution in [0, 0.1) is 11.3 Å². The number of rotatable bonds is 1. The Labute approximate surface area is 189 Å². The summed E-state index contributed by atoms with van der Waals surface area (Å²) < 4.78 is 329. The maximum absolute atomic E-state index is 15.3. The van der Waals surface area contributed by atoms with Crippen LogP contribution in [-0.4, -0.2) is 70.9 Å². The molecule has 2 saturated heterocycles. The average Bonchev–Trinajstić information content (AvgIpc) is 2.85. The summed E-state index contributed by atoms with van der Waals surface area (Å²) in [5.74, 6) is -42.0. The predicted octanol–water partition coefficient (Wildman–Crippen LogP) is 7.59. The van der Waals surface area contributed by atoms with Gasteiger partial charge >= 0.3 is 54.4 Å². The van der Waals surface area contributed by atoms with E-state index in [0.29, 0.717) is 0 Å². The Kier molecular flexibility index (Phi) is 6.09. The zero-order chi connectivity index (χ0) is 31.2. The Morgan fingerprint density at radius 2 is 0.763 bits per heavy atom. The minimum absolute atomic E-state index is 4.84. The van der Waals surface area contributed by atoms with Crippen molar-refractivity contribution in [2.24, 2.45) is 5.41 Å². The molecule has 0 aromatic carbocycles. The van der Waals surface area contributed by atoms with Crippen LogP contribution in [0.25, 0.3) is 0 Å². The topological polar surface area (TPSA) is 3.24 Å². The molecular weight excluding hydrogens is 626 g/mol. The van der Waals surface area contributed by atoms with Crippen LogP contribution in [0.2, 0.25) is 0 Å². The Hall–Kier alpha value is -1.72. The molecule has 0 N–H and O–H groups in total. The molecule has 0 bridgehead atoms. The highest BCUT2D eigenvalue weighted by atomic mass is 19.4. The fourth-order valence-electron chi connectivity index (χ4n) is 4.23. The Bertz CT molecular complexity index is 930. The quantitative estimate of drug-likeness (QED) is 0.214. The summed E-state index contributed by atoms with van der Waals surface area (Å²) in [5.41, 5.74) is -18.6. The van der Waals surface area contributed by atoms with E-state index >= 15 is 8.78 Å². The number of hydrogen-bond acceptors (Lipinski definition) is 1. The molecule has 38 heavy (non-hydrogen) atoms. The third kappa shape index (κ3) is 2.86. The van der Waals surface area contributed by atoms with Crippen LogP contribution in [0.5, 0.6) is 0 Å². The molecule has 0 aliphatic carbocycles. The molecule has 0 aromatic rings. The number of alkyl halides is 24. The summed E-state index contributed by atoms with van der Waals surface area (Å²) >= 11 is 0. The first-order valence-corrected chi connectivity index (χ1v) is 8.21. The van der Waals surface area contributed by atoms with E-state index in [-0.39, 0.29) is 0 Å². The van der Waals surface area contributed by atoms with Gasteiger partial charge in [0.05, 0.1) is 0 Å². The van der Waals surface area contributed by atoms with Crippen molar-refractivity contribution in [3.8, 4) is 0 Å². The van der Waals surface area contributed by atoms with Crippen molar-refractivity contribution in [3.63, 3.8) is 0 Å². The first-order valence-electron chi connectivity index (χ1n) is 8.21. The van der Waals surface area contributed by atoms with E-state index in [1.165, 1.54) is 0 Å². The molecule has 2 unspecified atom stereocenters. The lowest BCUT2D eigenvalue weighted by molar-refractivity contribution is -0.421. The highest BCUT2D eigenvalue weighted by Crippen LogP contribution is 2.86. The van der Waals surface area contributed by atoms with E-state index in [1.807, 2.05) is 0 Å². The van der Waals surface area contributed by atoms with Crippen LogP contribution >= 0.6 is 0 Å². The van der Waals surface area contributed by atoms with E-state index in [9.17, 15) is 96.6 Å². The van der Waals surface area contributed by atoms with Crippen LogP contribution in [0.4, 0.5) is 105 Å². The monoisotopic (exact) mass is 626 g/mol. The van der Waals surface area contributed by atoms with Crippen LogP contribution in [-0.2, 0) is 0 Å². The van der Waals surface area contributed by atoms with Crippen LogP contribution in [0.1, 0.15) is 0 Å². The molecule has 1 radical (unpaired) electrons. The Balaban J connectivity index is 3.60. The van der Waals surface area contributed by atoms with Crippen molar-refractivity contribution >= 4 is 0 Å². The van der Waals surface area contributed by atoms with E-state index in [0.717, 1.165) is 0 Å². The number of hydrogen-bond donors (Lipinski definition) is 0. The van der Waals surface area contributed by atoms with Gasteiger partial charge in [0.1, 0.15) is 5.92 Å². The summed E-state index contributed by atoms with van der Waals surface area (Å²) in [6.07, 6.45) is -44.6. The van der Waals surface area contributed by atoms with E-state index in [2.05, 4.69) is 0 Å². The van der Waals surface area contributed by atoms with Gasteiger partial charge in [-0.3, -0.25) is 0 Å². The third-order valence-electron chi connectivity index (χ3n) is 5.64. The second kappa shape index (κ2) is 7.13.